The van der Waals surface area contributed by atoms with E-state index >= 15 is 0 Å². The lowest BCUT2D eigenvalue weighted by Crippen LogP contribution is -2.35. The van der Waals surface area contributed by atoms with Crippen LogP contribution in [0.2, 0.25) is 5.02 Å². The second kappa shape index (κ2) is 6.80. The molecule has 1 saturated carbocycles. The molecular formula is C16H18BrClN2S. The molecule has 21 heavy (non-hydrogen) atoms. The molecule has 1 aromatic heterocycles. The van der Waals surface area contributed by atoms with Gasteiger partial charge in [0.15, 0.2) is 0 Å². The third-order valence-corrected chi connectivity index (χ3v) is 5.88. The van der Waals surface area contributed by atoms with E-state index in [4.69, 9.17) is 17.3 Å². The fourth-order valence-electron chi connectivity index (χ4n) is 2.68. The molecule has 3 rings (SSSR count). The quantitative estimate of drug-likeness (QED) is 0.771. The summed E-state index contributed by atoms with van der Waals surface area (Å²) in [4.78, 5) is 2.53. The van der Waals surface area contributed by atoms with Gasteiger partial charge in [-0.1, -0.05) is 17.7 Å². The highest BCUT2D eigenvalue weighted by Gasteiger charge is 2.34. The SMILES string of the molecule is NCC(c1ccc(Br)c(Cl)c1)N(Cc1ccsc1)C1CC1. The first-order valence-corrected chi connectivity index (χ1v) is 9.22. The van der Waals surface area contributed by atoms with Gasteiger partial charge in [0.2, 0.25) is 0 Å². The summed E-state index contributed by atoms with van der Waals surface area (Å²) in [5, 5.41) is 5.10. The van der Waals surface area contributed by atoms with Crippen LogP contribution >= 0.6 is 38.9 Å². The second-order valence-corrected chi connectivity index (χ2v) is 7.50. The summed E-state index contributed by atoms with van der Waals surface area (Å²) in [6.45, 7) is 1.57. The van der Waals surface area contributed by atoms with Gasteiger partial charge in [-0.3, -0.25) is 4.90 Å². The molecule has 0 amide bonds. The molecule has 1 aliphatic carbocycles. The van der Waals surface area contributed by atoms with Crippen LogP contribution < -0.4 is 5.73 Å². The zero-order valence-electron chi connectivity index (χ0n) is 11.6. The van der Waals surface area contributed by atoms with Gasteiger partial charge in [0.25, 0.3) is 0 Å². The van der Waals surface area contributed by atoms with Gasteiger partial charge < -0.3 is 5.73 Å². The summed E-state index contributed by atoms with van der Waals surface area (Å²) in [5.41, 5.74) is 8.67. The Balaban J connectivity index is 1.86. The summed E-state index contributed by atoms with van der Waals surface area (Å²) >= 11 is 11.5. The Hall–Kier alpha value is -0.390. The number of nitrogens with two attached hydrogens (primary N) is 1. The van der Waals surface area contributed by atoms with Gasteiger partial charge in [0.05, 0.1) is 5.02 Å². The molecule has 0 saturated heterocycles. The Labute approximate surface area is 143 Å². The van der Waals surface area contributed by atoms with Gasteiger partial charge in [-0.05, 0) is 68.9 Å². The predicted octanol–water partition coefficient (Wildman–Crippen LogP) is 4.83. The molecule has 1 aromatic carbocycles. The monoisotopic (exact) mass is 384 g/mol. The largest absolute Gasteiger partial charge is 0.329 e. The molecule has 2 nitrogen and oxygen atoms in total. The molecule has 0 aliphatic heterocycles. The molecular weight excluding hydrogens is 368 g/mol. The maximum atomic E-state index is 6.25. The number of nitrogens with zero attached hydrogens (tertiary/aromatic N) is 1. The minimum Gasteiger partial charge on any atom is -0.329 e. The number of hydrogen-bond donors (Lipinski definition) is 1. The van der Waals surface area contributed by atoms with Gasteiger partial charge in [-0.25, -0.2) is 0 Å². The van der Waals surface area contributed by atoms with Gasteiger partial charge in [0, 0.05) is 29.6 Å². The third kappa shape index (κ3) is 3.69. The van der Waals surface area contributed by atoms with Crippen LogP contribution in [0.3, 0.4) is 0 Å². The normalized spacial score (nSPS) is 16.4. The molecule has 1 fully saturated rings. The van der Waals surface area contributed by atoms with Crippen molar-refractivity contribution in [3.05, 3.63) is 55.6 Å². The molecule has 2 N–H and O–H groups in total. The lowest BCUT2D eigenvalue weighted by atomic mass is 10.0. The summed E-state index contributed by atoms with van der Waals surface area (Å²) in [6, 6.07) is 9.24. The van der Waals surface area contributed by atoms with E-state index in [0.717, 1.165) is 16.0 Å². The van der Waals surface area contributed by atoms with Crippen molar-refractivity contribution in [1.82, 2.24) is 4.90 Å². The van der Waals surface area contributed by atoms with E-state index in [2.05, 4.69) is 43.7 Å². The minimum atomic E-state index is 0.225. The topological polar surface area (TPSA) is 29.3 Å². The first-order chi connectivity index (χ1) is 10.2. The fourth-order valence-corrected chi connectivity index (χ4v) is 3.77. The van der Waals surface area contributed by atoms with Gasteiger partial charge >= 0.3 is 0 Å². The maximum absolute atomic E-state index is 6.25. The smallest absolute Gasteiger partial charge is 0.0551 e. The number of benzene rings is 1. The van der Waals surface area contributed by atoms with Crippen molar-refractivity contribution < 1.29 is 0 Å². The van der Waals surface area contributed by atoms with E-state index in [-0.39, 0.29) is 6.04 Å². The van der Waals surface area contributed by atoms with E-state index in [1.165, 1.54) is 24.0 Å². The molecule has 0 radical (unpaired) electrons. The standard InChI is InChI=1S/C16H18BrClN2S/c17-14-4-1-12(7-15(14)18)16(8-19)20(13-2-3-13)9-11-5-6-21-10-11/h1,4-7,10,13,16H,2-3,8-9,19H2. The van der Waals surface area contributed by atoms with Crippen molar-refractivity contribution in [1.29, 1.82) is 0 Å². The maximum Gasteiger partial charge on any atom is 0.0551 e. The van der Waals surface area contributed by atoms with Gasteiger partial charge in [0.1, 0.15) is 0 Å². The predicted molar refractivity (Wildman–Crippen MR) is 93.8 cm³/mol. The molecule has 0 bridgehead atoms. The summed E-state index contributed by atoms with van der Waals surface area (Å²) in [6.07, 6.45) is 2.54. The highest BCUT2D eigenvalue weighted by molar-refractivity contribution is 9.10. The van der Waals surface area contributed by atoms with Crippen molar-refractivity contribution in [2.24, 2.45) is 5.73 Å². The van der Waals surface area contributed by atoms with E-state index in [0.29, 0.717) is 12.6 Å². The van der Waals surface area contributed by atoms with Crippen molar-refractivity contribution >= 4 is 38.9 Å². The van der Waals surface area contributed by atoms with E-state index in [1.54, 1.807) is 11.3 Å². The third-order valence-electron chi connectivity index (χ3n) is 3.91. The molecule has 1 unspecified atom stereocenters. The highest BCUT2D eigenvalue weighted by atomic mass is 79.9. The lowest BCUT2D eigenvalue weighted by molar-refractivity contribution is 0.182. The highest BCUT2D eigenvalue weighted by Crippen LogP contribution is 2.37. The Morgan fingerprint density at radius 3 is 2.76 bits per heavy atom. The van der Waals surface area contributed by atoms with Crippen LogP contribution in [0.5, 0.6) is 0 Å². The van der Waals surface area contributed by atoms with Crippen LogP contribution in [0, 0.1) is 0 Å². The van der Waals surface area contributed by atoms with Crippen LogP contribution in [-0.2, 0) is 6.54 Å². The zero-order valence-corrected chi connectivity index (χ0v) is 14.8. The van der Waals surface area contributed by atoms with Crippen LogP contribution in [0.1, 0.15) is 30.0 Å². The Morgan fingerprint density at radius 1 is 1.38 bits per heavy atom. The van der Waals surface area contributed by atoms with Crippen molar-refractivity contribution in [3.8, 4) is 0 Å². The van der Waals surface area contributed by atoms with E-state index in [1.807, 2.05) is 12.1 Å². The Bertz CT molecular complexity index is 598. The minimum absolute atomic E-state index is 0.225. The average Bonchev–Trinajstić information content (AvgIpc) is 3.20. The molecule has 1 heterocycles. The summed E-state index contributed by atoms with van der Waals surface area (Å²) in [5.74, 6) is 0. The molecule has 1 aliphatic rings. The molecule has 5 heteroatoms. The van der Waals surface area contributed by atoms with Crippen LogP contribution in [0.4, 0.5) is 0 Å². The second-order valence-electron chi connectivity index (χ2n) is 5.46. The molecule has 112 valence electrons. The van der Waals surface area contributed by atoms with Crippen molar-refractivity contribution in [3.63, 3.8) is 0 Å². The summed E-state index contributed by atoms with van der Waals surface area (Å²) < 4.78 is 0.930. The number of hydrogen-bond acceptors (Lipinski definition) is 3. The van der Waals surface area contributed by atoms with Crippen molar-refractivity contribution in [2.45, 2.75) is 31.5 Å². The molecule has 0 spiro atoms. The molecule has 2 aromatic rings. The van der Waals surface area contributed by atoms with Crippen molar-refractivity contribution in [2.75, 3.05) is 6.54 Å². The van der Waals surface area contributed by atoms with Gasteiger partial charge in [-0.2, -0.15) is 11.3 Å². The fraction of sp³-hybridized carbons (Fsp3) is 0.375. The number of halogens is 2. The van der Waals surface area contributed by atoms with Crippen LogP contribution in [-0.4, -0.2) is 17.5 Å². The Morgan fingerprint density at radius 2 is 2.19 bits per heavy atom. The van der Waals surface area contributed by atoms with E-state index in [9.17, 15) is 0 Å². The first kappa shape index (κ1) is 15.5. The number of thiophene rings is 1. The zero-order chi connectivity index (χ0) is 14.8. The van der Waals surface area contributed by atoms with Gasteiger partial charge in [-0.15, -0.1) is 0 Å². The average molecular weight is 386 g/mol. The van der Waals surface area contributed by atoms with Crippen LogP contribution in [0.25, 0.3) is 0 Å². The van der Waals surface area contributed by atoms with E-state index < -0.39 is 0 Å². The lowest BCUT2D eigenvalue weighted by Gasteiger charge is -2.31. The van der Waals surface area contributed by atoms with Crippen LogP contribution in [0.15, 0.2) is 39.5 Å². The number of rotatable bonds is 6. The molecule has 1 atom stereocenters. The Kier molecular flexibility index (Phi) is 5.02. The summed E-state index contributed by atoms with van der Waals surface area (Å²) in [7, 11) is 0. The first-order valence-electron chi connectivity index (χ1n) is 7.11.